The lowest BCUT2D eigenvalue weighted by Crippen LogP contribution is -2.24. The molecule has 0 saturated carbocycles. The maximum atomic E-state index is 13.2. The Labute approximate surface area is 128 Å². The van der Waals surface area contributed by atoms with E-state index < -0.39 is 17.8 Å². The SMILES string of the molecule is CCNC(c1ccccc1C(F)(F)F)c1sccc1Br. The van der Waals surface area contributed by atoms with Crippen molar-refractivity contribution in [3.63, 3.8) is 0 Å². The van der Waals surface area contributed by atoms with E-state index in [1.54, 1.807) is 6.07 Å². The van der Waals surface area contributed by atoms with Gasteiger partial charge in [0.2, 0.25) is 0 Å². The second-order valence-corrected chi connectivity index (χ2v) is 6.01. The first-order chi connectivity index (χ1) is 9.45. The van der Waals surface area contributed by atoms with Gasteiger partial charge in [-0.25, -0.2) is 0 Å². The van der Waals surface area contributed by atoms with Crippen LogP contribution in [0.2, 0.25) is 0 Å². The molecule has 108 valence electrons. The average Bonchev–Trinajstić information content (AvgIpc) is 2.81. The van der Waals surface area contributed by atoms with Crippen LogP contribution in [0.3, 0.4) is 0 Å². The first-order valence-electron chi connectivity index (χ1n) is 6.07. The van der Waals surface area contributed by atoms with E-state index in [9.17, 15) is 13.2 Å². The molecule has 0 aliphatic rings. The van der Waals surface area contributed by atoms with E-state index in [0.29, 0.717) is 6.54 Å². The Bertz CT molecular complexity index is 580. The summed E-state index contributed by atoms with van der Waals surface area (Å²) in [6.07, 6.45) is -4.35. The second-order valence-electron chi connectivity index (χ2n) is 4.21. The van der Waals surface area contributed by atoms with Crippen LogP contribution < -0.4 is 5.32 Å². The molecular formula is C14H13BrF3NS. The molecule has 1 aromatic heterocycles. The van der Waals surface area contributed by atoms with Gasteiger partial charge in [-0.15, -0.1) is 11.3 Å². The Kier molecular flexibility index (Phi) is 4.88. The summed E-state index contributed by atoms with van der Waals surface area (Å²) in [5.41, 5.74) is -0.337. The quantitative estimate of drug-likeness (QED) is 0.784. The smallest absolute Gasteiger partial charge is 0.306 e. The van der Waals surface area contributed by atoms with E-state index in [-0.39, 0.29) is 5.56 Å². The van der Waals surface area contributed by atoms with Crippen LogP contribution >= 0.6 is 27.3 Å². The molecule has 1 nitrogen and oxygen atoms in total. The van der Waals surface area contributed by atoms with Gasteiger partial charge in [0.1, 0.15) is 0 Å². The molecule has 0 aliphatic carbocycles. The zero-order chi connectivity index (χ0) is 14.8. The average molecular weight is 364 g/mol. The van der Waals surface area contributed by atoms with Crippen molar-refractivity contribution in [3.05, 3.63) is 56.2 Å². The van der Waals surface area contributed by atoms with Crippen molar-refractivity contribution in [1.82, 2.24) is 5.32 Å². The van der Waals surface area contributed by atoms with Crippen molar-refractivity contribution < 1.29 is 13.2 Å². The monoisotopic (exact) mass is 363 g/mol. The summed E-state index contributed by atoms with van der Waals surface area (Å²) in [5, 5.41) is 5.00. The highest BCUT2D eigenvalue weighted by atomic mass is 79.9. The number of rotatable bonds is 4. The predicted octanol–water partition coefficient (Wildman–Crippen LogP) is 5.23. The van der Waals surface area contributed by atoms with Crippen LogP contribution in [0.4, 0.5) is 13.2 Å². The van der Waals surface area contributed by atoms with E-state index in [4.69, 9.17) is 0 Å². The lowest BCUT2D eigenvalue weighted by molar-refractivity contribution is -0.138. The van der Waals surface area contributed by atoms with Gasteiger partial charge >= 0.3 is 6.18 Å². The van der Waals surface area contributed by atoms with Crippen LogP contribution in [0.25, 0.3) is 0 Å². The van der Waals surface area contributed by atoms with Crippen LogP contribution in [0.1, 0.15) is 29.0 Å². The van der Waals surface area contributed by atoms with Crippen LogP contribution in [-0.2, 0) is 6.18 Å². The normalized spacial score (nSPS) is 13.4. The molecule has 1 aromatic carbocycles. The summed E-state index contributed by atoms with van der Waals surface area (Å²) < 4.78 is 40.3. The van der Waals surface area contributed by atoms with Gasteiger partial charge < -0.3 is 5.32 Å². The molecule has 0 saturated heterocycles. The molecule has 2 aromatic rings. The van der Waals surface area contributed by atoms with Gasteiger partial charge in [0.25, 0.3) is 0 Å². The summed E-state index contributed by atoms with van der Waals surface area (Å²) in [5.74, 6) is 0. The Hall–Kier alpha value is -0.850. The Morgan fingerprint density at radius 3 is 2.50 bits per heavy atom. The molecule has 0 fully saturated rings. The number of nitrogens with one attached hydrogen (secondary N) is 1. The molecule has 1 unspecified atom stereocenters. The van der Waals surface area contributed by atoms with Gasteiger partial charge in [-0.05, 0) is 45.6 Å². The van der Waals surface area contributed by atoms with Crippen LogP contribution in [0.15, 0.2) is 40.2 Å². The molecule has 1 atom stereocenters. The third-order valence-corrected chi connectivity index (χ3v) is 4.83. The van der Waals surface area contributed by atoms with E-state index in [0.717, 1.165) is 15.4 Å². The summed E-state index contributed by atoms with van der Waals surface area (Å²) in [7, 11) is 0. The molecule has 20 heavy (non-hydrogen) atoms. The van der Waals surface area contributed by atoms with Gasteiger partial charge in [-0.3, -0.25) is 0 Å². The maximum Gasteiger partial charge on any atom is 0.416 e. The standard InChI is InChI=1S/C14H13BrF3NS/c1-2-19-12(13-11(15)7-8-20-13)9-5-3-4-6-10(9)14(16,17)18/h3-8,12,19H,2H2,1H3. The Morgan fingerprint density at radius 2 is 1.95 bits per heavy atom. The van der Waals surface area contributed by atoms with Crippen molar-refractivity contribution in [2.45, 2.75) is 19.1 Å². The van der Waals surface area contributed by atoms with Crippen molar-refractivity contribution in [2.75, 3.05) is 6.54 Å². The van der Waals surface area contributed by atoms with Gasteiger partial charge in [0, 0.05) is 9.35 Å². The van der Waals surface area contributed by atoms with Crippen LogP contribution in [0, 0.1) is 0 Å². The van der Waals surface area contributed by atoms with Gasteiger partial charge in [-0.1, -0.05) is 25.1 Å². The Morgan fingerprint density at radius 1 is 1.25 bits per heavy atom. The lowest BCUT2D eigenvalue weighted by atomic mass is 9.98. The highest BCUT2D eigenvalue weighted by Gasteiger charge is 2.35. The molecule has 1 heterocycles. The molecule has 6 heteroatoms. The first-order valence-corrected chi connectivity index (χ1v) is 7.74. The number of halogens is 4. The van der Waals surface area contributed by atoms with Crippen molar-refractivity contribution in [1.29, 1.82) is 0 Å². The van der Waals surface area contributed by atoms with E-state index in [1.807, 2.05) is 18.4 Å². The first kappa shape index (κ1) is 15.5. The fourth-order valence-corrected chi connectivity index (χ4v) is 3.76. The van der Waals surface area contributed by atoms with Crippen LogP contribution in [0.5, 0.6) is 0 Å². The zero-order valence-electron chi connectivity index (χ0n) is 10.7. The third kappa shape index (κ3) is 3.24. The van der Waals surface area contributed by atoms with E-state index in [2.05, 4.69) is 21.2 Å². The molecule has 0 aliphatic heterocycles. The maximum absolute atomic E-state index is 13.2. The van der Waals surface area contributed by atoms with Crippen LogP contribution in [-0.4, -0.2) is 6.54 Å². The van der Waals surface area contributed by atoms with Gasteiger partial charge in [-0.2, -0.15) is 13.2 Å². The number of benzene rings is 1. The fourth-order valence-electron chi connectivity index (χ4n) is 2.07. The Balaban J connectivity index is 2.54. The van der Waals surface area contributed by atoms with Gasteiger partial charge in [0.15, 0.2) is 0 Å². The predicted molar refractivity (Wildman–Crippen MR) is 79.0 cm³/mol. The van der Waals surface area contributed by atoms with Crippen molar-refractivity contribution >= 4 is 27.3 Å². The fraction of sp³-hybridized carbons (Fsp3) is 0.286. The topological polar surface area (TPSA) is 12.0 Å². The number of hydrogen-bond donors (Lipinski definition) is 1. The lowest BCUT2D eigenvalue weighted by Gasteiger charge is -2.22. The van der Waals surface area contributed by atoms with Gasteiger partial charge in [0.05, 0.1) is 11.6 Å². The highest BCUT2D eigenvalue weighted by molar-refractivity contribution is 9.10. The second kappa shape index (κ2) is 6.28. The number of hydrogen-bond acceptors (Lipinski definition) is 2. The molecule has 0 radical (unpaired) electrons. The minimum absolute atomic E-state index is 0.255. The summed E-state index contributed by atoms with van der Waals surface area (Å²) in [6, 6.07) is 7.09. The van der Waals surface area contributed by atoms with Crippen molar-refractivity contribution in [3.8, 4) is 0 Å². The third-order valence-electron chi connectivity index (χ3n) is 2.89. The molecule has 0 amide bonds. The molecule has 2 rings (SSSR count). The summed E-state index contributed by atoms with van der Waals surface area (Å²) in [6.45, 7) is 2.46. The minimum Gasteiger partial charge on any atom is -0.306 e. The molecule has 0 spiro atoms. The minimum atomic E-state index is -4.35. The highest BCUT2D eigenvalue weighted by Crippen LogP contribution is 2.39. The molecule has 1 N–H and O–H groups in total. The number of thiophene rings is 1. The zero-order valence-corrected chi connectivity index (χ0v) is 13.1. The van der Waals surface area contributed by atoms with E-state index >= 15 is 0 Å². The van der Waals surface area contributed by atoms with E-state index in [1.165, 1.54) is 23.5 Å². The number of alkyl halides is 3. The summed E-state index contributed by atoms with van der Waals surface area (Å²) >= 11 is 4.83. The summed E-state index contributed by atoms with van der Waals surface area (Å²) in [4.78, 5) is 0.851. The molecular weight excluding hydrogens is 351 g/mol. The van der Waals surface area contributed by atoms with Crippen molar-refractivity contribution in [2.24, 2.45) is 0 Å². The largest absolute Gasteiger partial charge is 0.416 e. The molecule has 0 bridgehead atoms.